The number of aromatic nitrogens is 1. The van der Waals surface area contributed by atoms with Crippen molar-refractivity contribution in [2.45, 2.75) is 40.3 Å². The summed E-state index contributed by atoms with van der Waals surface area (Å²) in [7, 11) is 0. The molecule has 0 aliphatic rings. The molecule has 0 atom stereocenters. The first-order valence-electron chi connectivity index (χ1n) is 11.1. The van der Waals surface area contributed by atoms with E-state index in [-0.39, 0.29) is 12.6 Å². The number of hydrogen-bond donors (Lipinski definition) is 0. The van der Waals surface area contributed by atoms with Crippen molar-refractivity contribution < 1.29 is 9.53 Å². The van der Waals surface area contributed by atoms with E-state index >= 15 is 0 Å². The number of rotatable bonds is 7. The molecule has 4 rings (SSSR count). The van der Waals surface area contributed by atoms with Crippen LogP contribution >= 0.6 is 0 Å². The monoisotopic (exact) mass is 423 g/mol. The Bertz CT molecular complexity index is 1190. The molecule has 0 fully saturated rings. The molecule has 162 valence electrons. The number of carbonyl (C=O) groups is 1. The van der Waals surface area contributed by atoms with E-state index in [0.29, 0.717) is 6.42 Å². The molecule has 0 unspecified atom stereocenters. The lowest BCUT2D eigenvalue weighted by Gasteiger charge is -2.16. The zero-order valence-corrected chi connectivity index (χ0v) is 19.0. The number of ether oxygens (including phenoxy) is 1. The molecule has 3 heteroatoms. The fraction of sp³-hybridized carbons (Fsp3) is 0.207. The number of esters is 1. The molecule has 1 heterocycles. The largest absolute Gasteiger partial charge is 0.461 e. The van der Waals surface area contributed by atoms with E-state index in [1.807, 2.05) is 13.0 Å². The number of carbonyl (C=O) groups excluding carboxylic acids is 1. The van der Waals surface area contributed by atoms with Gasteiger partial charge < -0.3 is 9.30 Å². The topological polar surface area (TPSA) is 31.2 Å². The molecule has 0 N–H and O–H groups in total. The van der Waals surface area contributed by atoms with Gasteiger partial charge in [0.2, 0.25) is 0 Å². The quantitative estimate of drug-likeness (QED) is 0.301. The SMILES string of the molecule is CCC(=O)OCc1cc(-c2ccc(C)cc2)n(Cc2ccccc2)c1-c1ccc(C)cc1. The van der Waals surface area contributed by atoms with Gasteiger partial charge in [-0.1, -0.05) is 96.9 Å². The zero-order valence-electron chi connectivity index (χ0n) is 19.0. The second kappa shape index (κ2) is 9.69. The lowest BCUT2D eigenvalue weighted by molar-refractivity contribution is -0.144. The molecule has 0 saturated carbocycles. The first kappa shape index (κ1) is 21.6. The summed E-state index contributed by atoms with van der Waals surface area (Å²) in [4.78, 5) is 11.9. The molecule has 0 saturated heterocycles. The van der Waals surface area contributed by atoms with Crippen LogP contribution in [0.5, 0.6) is 0 Å². The third kappa shape index (κ3) is 4.83. The molecule has 0 spiro atoms. The van der Waals surface area contributed by atoms with Gasteiger partial charge in [-0.3, -0.25) is 4.79 Å². The first-order chi connectivity index (χ1) is 15.5. The molecule has 3 aromatic carbocycles. The smallest absolute Gasteiger partial charge is 0.305 e. The van der Waals surface area contributed by atoms with E-state index in [1.165, 1.54) is 16.7 Å². The summed E-state index contributed by atoms with van der Waals surface area (Å²) in [6.07, 6.45) is 0.370. The van der Waals surface area contributed by atoms with Crippen LogP contribution in [-0.4, -0.2) is 10.5 Å². The normalized spacial score (nSPS) is 10.8. The van der Waals surface area contributed by atoms with Crippen LogP contribution in [0.3, 0.4) is 0 Å². The van der Waals surface area contributed by atoms with Crippen LogP contribution in [0.1, 0.15) is 35.6 Å². The number of benzene rings is 3. The summed E-state index contributed by atoms with van der Waals surface area (Å²) in [6.45, 7) is 7.00. The molecular weight excluding hydrogens is 394 g/mol. The van der Waals surface area contributed by atoms with Gasteiger partial charge in [-0.2, -0.15) is 0 Å². The van der Waals surface area contributed by atoms with E-state index < -0.39 is 0 Å². The van der Waals surface area contributed by atoms with Gasteiger partial charge in [-0.05, 0) is 36.6 Å². The highest BCUT2D eigenvalue weighted by atomic mass is 16.5. The average molecular weight is 424 g/mol. The minimum Gasteiger partial charge on any atom is -0.461 e. The van der Waals surface area contributed by atoms with E-state index in [0.717, 1.165) is 34.6 Å². The number of hydrogen-bond acceptors (Lipinski definition) is 2. The second-order valence-corrected chi connectivity index (χ2v) is 8.22. The zero-order chi connectivity index (χ0) is 22.5. The molecule has 0 bridgehead atoms. The Balaban J connectivity index is 1.90. The molecular formula is C29H29NO2. The van der Waals surface area contributed by atoms with E-state index in [4.69, 9.17) is 4.74 Å². The van der Waals surface area contributed by atoms with Crippen LogP contribution in [0.4, 0.5) is 0 Å². The van der Waals surface area contributed by atoms with Crippen molar-refractivity contribution in [1.82, 2.24) is 4.57 Å². The Morgan fingerprint density at radius 1 is 0.812 bits per heavy atom. The van der Waals surface area contributed by atoms with Gasteiger partial charge in [0.15, 0.2) is 0 Å². The highest BCUT2D eigenvalue weighted by molar-refractivity contribution is 5.74. The van der Waals surface area contributed by atoms with Crippen LogP contribution < -0.4 is 0 Å². The Hall–Kier alpha value is -3.59. The maximum atomic E-state index is 11.9. The van der Waals surface area contributed by atoms with Crippen molar-refractivity contribution in [3.8, 4) is 22.5 Å². The molecule has 1 aromatic heterocycles. The minimum atomic E-state index is -0.187. The van der Waals surface area contributed by atoms with E-state index in [9.17, 15) is 4.79 Å². The van der Waals surface area contributed by atoms with Crippen LogP contribution in [0.2, 0.25) is 0 Å². The molecule has 4 aromatic rings. The highest BCUT2D eigenvalue weighted by Gasteiger charge is 2.19. The Labute approximate surface area is 190 Å². The average Bonchev–Trinajstić information content (AvgIpc) is 3.17. The van der Waals surface area contributed by atoms with Crippen LogP contribution in [0.15, 0.2) is 84.9 Å². The Morgan fingerprint density at radius 3 is 2.00 bits per heavy atom. The first-order valence-corrected chi connectivity index (χ1v) is 11.1. The summed E-state index contributed by atoms with van der Waals surface area (Å²) in [6, 6.07) is 29.8. The van der Waals surface area contributed by atoms with Crippen molar-refractivity contribution >= 4 is 5.97 Å². The fourth-order valence-corrected chi connectivity index (χ4v) is 3.92. The highest BCUT2D eigenvalue weighted by Crippen LogP contribution is 2.35. The summed E-state index contributed by atoms with van der Waals surface area (Å²) in [5, 5.41) is 0. The van der Waals surface area contributed by atoms with Crippen molar-refractivity contribution in [1.29, 1.82) is 0 Å². The molecule has 0 radical (unpaired) electrons. The summed E-state index contributed by atoms with van der Waals surface area (Å²) >= 11 is 0. The van der Waals surface area contributed by atoms with Crippen molar-refractivity contribution in [2.75, 3.05) is 0 Å². The molecule has 0 amide bonds. The van der Waals surface area contributed by atoms with Gasteiger partial charge in [-0.25, -0.2) is 0 Å². The van der Waals surface area contributed by atoms with Crippen molar-refractivity contribution in [2.24, 2.45) is 0 Å². The van der Waals surface area contributed by atoms with Crippen LogP contribution in [-0.2, 0) is 22.7 Å². The standard InChI is InChI=1S/C29H29NO2/c1-4-28(31)32-20-26-18-27(24-14-10-21(2)11-15-24)30(19-23-8-6-5-7-9-23)29(26)25-16-12-22(3)13-17-25/h5-18H,4,19-20H2,1-3H3. The lowest BCUT2D eigenvalue weighted by atomic mass is 10.1. The Morgan fingerprint density at radius 2 is 1.41 bits per heavy atom. The van der Waals surface area contributed by atoms with Crippen LogP contribution in [0, 0.1) is 13.8 Å². The van der Waals surface area contributed by atoms with Crippen LogP contribution in [0.25, 0.3) is 22.5 Å². The van der Waals surface area contributed by atoms with Gasteiger partial charge in [-0.15, -0.1) is 0 Å². The van der Waals surface area contributed by atoms with Crippen molar-refractivity contribution in [3.63, 3.8) is 0 Å². The van der Waals surface area contributed by atoms with Crippen molar-refractivity contribution in [3.05, 3.63) is 107 Å². The third-order valence-electron chi connectivity index (χ3n) is 5.71. The number of aryl methyl sites for hydroxylation is 2. The summed E-state index contributed by atoms with van der Waals surface area (Å²) < 4.78 is 7.93. The van der Waals surface area contributed by atoms with E-state index in [2.05, 4.69) is 97.3 Å². The van der Waals surface area contributed by atoms with Gasteiger partial charge in [0.25, 0.3) is 0 Å². The summed E-state index contributed by atoms with van der Waals surface area (Å²) in [5.41, 5.74) is 9.16. The summed E-state index contributed by atoms with van der Waals surface area (Å²) in [5.74, 6) is -0.187. The second-order valence-electron chi connectivity index (χ2n) is 8.22. The third-order valence-corrected chi connectivity index (χ3v) is 5.71. The maximum absolute atomic E-state index is 11.9. The Kier molecular flexibility index (Phi) is 6.55. The van der Waals surface area contributed by atoms with Gasteiger partial charge >= 0.3 is 5.97 Å². The predicted octanol–water partition coefficient (Wildman–Crippen LogP) is 6.94. The molecule has 0 aliphatic carbocycles. The molecule has 32 heavy (non-hydrogen) atoms. The van der Waals surface area contributed by atoms with Gasteiger partial charge in [0, 0.05) is 24.2 Å². The fourth-order valence-electron chi connectivity index (χ4n) is 3.92. The predicted molar refractivity (Wildman–Crippen MR) is 130 cm³/mol. The lowest BCUT2D eigenvalue weighted by Crippen LogP contribution is -2.06. The van der Waals surface area contributed by atoms with E-state index in [1.54, 1.807) is 0 Å². The molecule has 0 aliphatic heterocycles. The molecule has 3 nitrogen and oxygen atoms in total. The minimum absolute atomic E-state index is 0.187. The number of nitrogens with zero attached hydrogens (tertiary/aromatic N) is 1. The maximum Gasteiger partial charge on any atom is 0.305 e. The van der Waals surface area contributed by atoms with Gasteiger partial charge in [0.05, 0.1) is 5.69 Å². The van der Waals surface area contributed by atoms with Gasteiger partial charge in [0.1, 0.15) is 6.61 Å².